The summed E-state index contributed by atoms with van der Waals surface area (Å²) in [5, 5.41) is 11.8. The molecule has 1 rings (SSSR count). The summed E-state index contributed by atoms with van der Waals surface area (Å²) < 4.78 is 5.29. The molecule has 0 spiro atoms. The molecule has 6 nitrogen and oxygen atoms in total. The fourth-order valence-electron chi connectivity index (χ4n) is 1.94. The van der Waals surface area contributed by atoms with Crippen LogP contribution in [0.15, 0.2) is 0 Å². The fraction of sp³-hybridized carbons (Fsp3) is 0.846. The van der Waals surface area contributed by atoms with Crippen molar-refractivity contribution >= 4 is 12.0 Å². The highest BCUT2D eigenvalue weighted by Crippen LogP contribution is 2.20. The highest BCUT2D eigenvalue weighted by Gasteiger charge is 2.36. The zero-order valence-corrected chi connectivity index (χ0v) is 12.1. The summed E-state index contributed by atoms with van der Waals surface area (Å²) in [5.74, 6) is -0.232. The molecule has 0 bridgehead atoms. The molecule has 1 heterocycles. The van der Waals surface area contributed by atoms with Gasteiger partial charge in [0.15, 0.2) is 0 Å². The minimum atomic E-state index is -0.597. The van der Waals surface area contributed by atoms with E-state index >= 15 is 0 Å². The van der Waals surface area contributed by atoms with Crippen LogP contribution >= 0.6 is 0 Å². The highest BCUT2D eigenvalue weighted by atomic mass is 16.6. The van der Waals surface area contributed by atoms with Gasteiger partial charge in [-0.3, -0.25) is 9.69 Å². The number of aliphatic hydroxyl groups is 1. The number of nitrogens with one attached hydrogen (secondary N) is 1. The Morgan fingerprint density at radius 1 is 1.47 bits per heavy atom. The summed E-state index contributed by atoms with van der Waals surface area (Å²) in [4.78, 5) is 25.4. The Hall–Kier alpha value is -1.30. The normalized spacial score (nSPS) is 21.1. The minimum Gasteiger partial charge on any atom is -0.444 e. The van der Waals surface area contributed by atoms with Crippen molar-refractivity contribution in [1.82, 2.24) is 10.2 Å². The van der Waals surface area contributed by atoms with E-state index in [1.807, 2.05) is 0 Å². The fourth-order valence-corrected chi connectivity index (χ4v) is 1.94. The highest BCUT2D eigenvalue weighted by molar-refractivity contribution is 5.86. The van der Waals surface area contributed by atoms with Crippen molar-refractivity contribution in [3.63, 3.8) is 0 Å². The largest absolute Gasteiger partial charge is 0.444 e. The van der Waals surface area contributed by atoms with Crippen LogP contribution in [0.3, 0.4) is 0 Å². The van der Waals surface area contributed by atoms with Crippen LogP contribution in [-0.2, 0) is 9.53 Å². The van der Waals surface area contributed by atoms with Crippen LogP contribution in [0.1, 0.15) is 40.5 Å². The number of rotatable bonds is 3. The van der Waals surface area contributed by atoms with Gasteiger partial charge in [-0.2, -0.15) is 0 Å². The molecule has 0 saturated carbocycles. The minimum absolute atomic E-state index is 0.192. The maximum Gasteiger partial charge on any atom is 0.410 e. The Morgan fingerprint density at radius 2 is 2.11 bits per heavy atom. The topological polar surface area (TPSA) is 78.9 Å². The molecule has 0 aromatic rings. The van der Waals surface area contributed by atoms with Crippen molar-refractivity contribution in [2.24, 2.45) is 0 Å². The Morgan fingerprint density at radius 3 is 2.63 bits per heavy atom. The predicted octanol–water partition coefficient (Wildman–Crippen LogP) is 0.883. The first-order valence-electron chi connectivity index (χ1n) is 6.66. The number of aliphatic hydroxyl groups excluding tert-OH is 1. The zero-order valence-electron chi connectivity index (χ0n) is 12.1. The van der Waals surface area contributed by atoms with Crippen LogP contribution in [0, 0.1) is 0 Å². The van der Waals surface area contributed by atoms with E-state index < -0.39 is 23.8 Å². The van der Waals surface area contributed by atoms with E-state index in [1.54, 1.807) is 27.7 Å². The first-order valence-corrected chi connectivity index (χ1v) is 6.66. The van der Waals surface area contributed by atoms with Crippen LogP contribution in [0.2, 0.25) is 0 Å². The summed E-state index contributed by atoms with van der Waals surface area (Å²) in [7, 11) is 0. The average molecular weight is 272 g/mol. The summed E-state index contributed by atoms with van der Waals surface area (Å²) in [6.45, 7) is 7.70. The zero-order chi connectivity index (χ0) is 14.6. The molecule has 2 N–H and O–H groups in total. The summed E-state index contributed by atoms with van der Waals surface area (Å²) in [5.41, 5.74) is -0.569. The summed E-state index contributed by atoms with van der Waals surface area (Å²) >= 11 is 0. The third kappa shape index (κ3) is 5.06. The standard InChI is InChI=1S/C13H24N2O4/c1-9(16)8-14-11(17)10-6-5-7-15(10)12(18)19-13(2,3)4/h9-10,16H,5-8H2,1-4H3,(H,14,17). The van der Waals surface area contributed by atoms with Gasteiger partial charge in [-0.25, -0.2) is 4.79 Å². The van der Waals surface area contributed by atoms with Gasteiger partial charge in [0, 0.05) is 13.1 Å². The SMILES string of the molecule is CC(O)CNC(=O)C1CCCN1C(=O)OC(C)(C)C. The Balaban J connectivity index is 2.58. The van der Waals surface area contributed by atoms with Crippen LogP contribution in [0.5, 0.6) is 0 Å². The third-order valence-corrected chi connectivity index (χ3v) is 2.76. The number of carbonyl (C=O) groups excluding carboxylic acids is 2. The average Bonchev–Trinajstić information content (AvgIpc) is 2.72. The second-order valence-electron chi connectivity index (χ2n) is 5.93. The van der Waals surface area contributed by atoms with Crippen molar-refractivity contribution < 1.29 is 19.4 Å². The first kappa shape index (κ1) is 15.8. The summed E-state index contributed by atoms with van der Waals surface area (Å²) in [6, 6.07) is -0.492. The first-order chi connectivity index (χ1) is 8.70. The molecule has 1 saturated heterocycles. The molecule has 1 aliphatic rings. The van der Waals surface area contributed by atoms with Gasteiger partial charge in [-0.1, -0.05) is 0 Å². The third-order valence-electron chi connectivity index (χ3n) is 2.76. The Bertz CT molecular complexity index is 336. The molecular formula is C13H24N2O4. The van der Waals surface area contributed by atoms with E-state index in [9.17, 15) is 9.59 Å². The van der Waals surface area contributed by atoms with Gasteiger partial charge in [0.1, 0.15) is 11.6 Å². The van der Waals surface area contributed by atoms with Crippen molar-refractivity contribution in [1.29, 1.82) is 0 Å². The monoisotopic (exact) mass is 272 g/mol. The van der Waals surface area contributed by atoms with Crippen molar-refractivity contribution in [3.8, 4) is 0 Å². The van der Waals surface area contributed by atoms with Crippen LogP contribution in [0.4, 0.5) is 4.79 Å². The molecule has 1 aliphatic heterocycles. The molecule has 2 unspecified atom stereocenters. The van der Waals surface area contributed by atoms with Crippen molar-refractivity contribution in [3.05, 3.63) is 0 Å². The molecule has 1 fully saturated rings. The molecule has 2 atom stereocenters. The van der Waals surface area contributed by atoms with Crippen molar-refractivity contribution in [2.75, 3.05) is 13.1 Å². The summed E-state index contributed by atoms with van der Waals surface area (Å²) in [6.07, 6.45) is 0.360. The lowest BCUT2D eigenvalue weighted by atomic mass is 10.2. The number of nitrogens with zero attached hydrogens (tertiary/aromatic N) is 1. The second kappa shape index (κ2) is 6.23. The van der Waals surface area contributed by atoms with Gasteiger partial charge < -0.3 is 15.2 Å². The quantitative estimate of drug-likeness (QED) is 0.799. The number of hydrogen-bond donors (Lipinski definition) is 2. The van der Waals surface area contributed by atoms with E-state index in [-0.39, 0.29) is 12.5 Å². The molecule has 0 aromatic carbocycles. The van der Waals surface area contributed by atoms with Crippen LogP contribution in [-0.4, -0.2) is 52.8 Å². The van der Waals surface area contributed by atoms with Crippen molar-refractivity contribution in [2.45, 2.75) is 58.3 Å². The van der Waals surface area contributed by atoms with Gasteiger partial charge in [-0.15, -0.1) is 0 Å². The lowest BCUT2D eigenvalue weighted by molar-refractivity contribution is -0.125. The Kier molecular flexibility index (Phi) is 5.17. The molecule has 0 radical (unpaired) electrons. The number of ether oxygens (including phenoxy) is 1. The smallest absolute Gasteiger partial charge is 0.410 e. The van der Waals surface area contributed by atoms with Crippen LogP contribution < -0.4 is 5.32 Å². The molecular weight excluding hydrogens is 248 g/mol. The van der Waals surface area contributed by atoms with Crippen LogP contribution in [0.25, 0.3) is 0 Å². The number of amides is 2. The van der Waals surface area contributed by atoms with E-state index in [2.05, 4.69) is 5.32 Å². The predicted molar refractivity (Wildman–Crippen MR) is 70.7 cm³/mol. The molecule has 19 heavy (non-hydrogen) atoms. The van der Waals surface area contributed by atoms with Gasteiger partial charge >= 0.3 is 6.09 Å². The van der Waals surface area contributed by atoms with Gasteiger partial charge in [-0.05, 0) is 40.5 Å². The lowest BCUT2D eigenvalue weighted by Gasteiger charge is -2.28. The maximum atomic E-state index is 12.0. The number of carbonyl (C=O) groups is 2. The lowest BCUT2D eigenvalue weighted by Crippen LogP contribution is -2.48. The maximum absolute atomic E-state index is 12.0. The molecule has 0 aliphatic carbocycles. The van der Waals surface area contributed by atoms with Gasteiger partial charge in [0.2, 0.25) is 5.91 Å². The van der Waals surface area contributed by atoms with Gasteiger partial charge in [0.05, 0.1) is 6.10 Å². The molecule has 110 valence electrons. The van der Waals surface area contributed by atoms with E-state index in [0.29, 0.717) is 13.0 Å². The molecule has 0 aromatic heterocycles. The number of likely N-dealkylation sites (tertiary alicyclic amines) is 1. The van der Waals surface area contributed by atoms with E-state index in [4.69, 9.17) is 9.84 Å². The van der Waals surface area contributed by atoms with E-state index in [1.165, 1.54) is 4.90 Å². The molecule has 6 heteroatoms. The Labute approximate surface area is 114 Å². The number of hydrogen-bond acceptors (Lipinski definition) is 4. The second-order valence-corrected chi connectivity index (χ2v) is 5.93. The molecule has 2 amide bonds. The van der Waals surface area contributed by atoms with E-state index in [0.717, 1.165) is 6.42 Å². The van der Waals surface area contributed by atoms with Gasteiger partial charge in [0.25, 0.3) is 0 Å².